The Morgan fingerprint density at radius 2 is 1.89 bits per heavy atom. The van der Waals surface area contributed by atoms with Crippen LogP contribution in [0.3, 0.4) is 0 Å². The van der Waals surface area contributed by atoms with Gasteiger partial charge >= 0.3 is 0 Å². The third-order valence-electron chi connectivity index (χ3n) is 5.17. The largest absolute Gasteiger partial charge is 0.342 e. The van der Waals surface area contributed by atoms with E-state index in [1.165, 1.54) is 5.56 Å². The van der Waals surface area contributed by atoms with Crippen molar-refractivity contribution in [3.8, 4) is 0 Å². The Labute approximate surface area is 160 Å². The zero-order valence-corrected chi connectivity index (χ0v) is 16.1. The van der Waals surface area contributed by atoms with Crippen molar-refractivity contribution in [2.75, 3.05) is 19.6 Å². The number of rotatable bonds is 6. The maximum Gasteiger partial charge on any atom is 0.269 e. The first-order valence-corrected chi connectivity index (χ1v) is 9.71. The maximum atomic E-state index is 12.4. The molecule has 0 atom stereocenters. The van der Waals surface area contributed by atoms with Gasteiger partial charge in [-0.25, -0.2) is 0 Å². The molecule has 0 radical (unpaired) electrons. The van der Waals surface area contributed by atoms with Gasteiger partial charge in [-0.1, -0.05) is 30.3 Å². The van der Waals surface area contributed by atoms with E-state index >= 15 is 0 Å². The molecular weight excluding hydrogens is 340 g/mol. The number of aromatic nitrogens is 2. The molecule has 2 amide bonds. The van der Waals surface area contributed by atoms with E-state index in [0.29, 0.717) is 18.2 Å². The standard InChI is InChI=1S/C21H28N4O2/c1-3-25-19(13-16(2)23-25)21(27)22-15-20(26)24-11-9-18(10-12-24)14-17-7-5-4-6-8-17/h4-8,13,18H,3,9-12,14-15H2,1-2H3,(H,22,27). The monoisotopic (exact) mass is 368 g/mol. The van der Waals surface area contributed by atoms with Crippen LogP contribution in [0.2, 0.25) is 0 Å². The number of nitrogens with one attached hydrogen (secondary N) is 1. The lowest BCUT2D eigenvalue weighted by molar-refractivity contribution is -0.131. The number of nitrogens with zero attached hydrogens (tertiary/aromatic N) is 3. The summed E-state index contributed by atoms with van der Waals surface area (Å²) in [6.07, 6.45) is 3.09. The Morgan fingerprint density at radius 3 is 2.56 bits per heavy atom. The van der Waals surface area contributed by atoms with Gasteiger partial charge in [-0.15, -0.1) is 0 Å². The average molecular weight is 368 g/mol. The number of carbonyl (C=O) groups excluding carboxylic acids is 2. The summed E-state index contributed by atoms with van der Waals surface area (Å²) in [5.41, 5.74) is 2.66. The quantitative estimate of drug-likeness (QED) is 0.851. The van der Waals surface area contributed by atoms with Crippen LogP contribution in [0.1, 0.15) is 41.5 Å². The summed E-state index contributed by atoms with van der Waals surface area (Å²) in [4.78, 5) is 26.7. The van der Waals surface area contributed by atoms with Gasteiger partial charge in [-0.05, 0) is 50.7 Å². The van der Waals surface area contributed by atoms with Gasteiger partial charge in [0, 0.05) is 19.6 Å². The van der Waals surface area contributed by atoms with E-state index < -0.39 is 0 Å². The van der Waals surface area contributed by atoms with Crippen molar-refractivity contribution in [3.63, 3.8) is 0 Å². The predicted octanol–water partition coefficient (Wildman–Crippen LogP) is 2.42. The molecule has 1 fully saturated rings. The van der Waals surface area contributed by atoms with E-state index in [2.05, 4.69) is 34.7 Å². The van der Waals surface area contributed by atoms with Crippen molar-refractivity contribution >= 4 is 11.8 Å². The van der Waals surface area contributed by atoms with Crippen LogP contribution in [0.4, 0.5) is 0 Å². The number of carbonyl (C=O) groups is 2. The maximum absolute atomic E-state index is 12.4. The molecule has 1 aromatic heterocycles. The zero-order valence-electron chi connectivity index (χ0n) is 16.1. The minimum atomic E-state index is -0.246. The second-order valence-corrected chi connectivity index (χ2v) is 7.18. The van der Waals surface area contributed by atoms with Gasteiger partial charge in [0.1, 0.15) is 5.69 Å². The molecule has 1 aliphatic rings. The summed E-state index contributed by atoms with van der Waals surface area (Å²) in [5, 5.41) is 7.01. The van der Waals surface area contributed by atoms with Crippen LogP contribution >= 0.6 is 0 Å². The fourth-order valence-corrected chi connectivity index (χ4v) is 3.66. The van der Waals surface area contributed by atoms with E-state index in [1.54, 1.807) is 10.7 Å². The molecule has 2 aromatic rings. The third kappa shape index (κ3) is 4.96. The summed E-state index contributed by atoms with van der Waals surface area (Å²) in [6.45, 7) is 5.98. The van der Waals surface area contributed by atoms with E-state index in [4.69, 9.17) is 0 Å². The molecule has 6 nitrogen and oxygen atoms in total. The molecule has 1 saturated heterocycles. The number of aryl methyl sites for hydroxylation is 2. The van der Waals surface area contributed by atoms with Crippen molar-refractivity contribution < 1.29 is 9.59 Å². The summed E-state index contributed by atoms with van der Waals surface area (Å²) in [5.74, 6) is 0.360. The molecule has 3 rings (SSSR count). The first-order valence-electron chi connectivity index (χ1n) is 9.71. The van der Waals surface area contributed by atoms with Gasteiger partial charge in [0.15, 0.2) is 0 Å². The van der Waals surface area contributed by atoms with Crippen LogP contribution in [0.15, 0.2) is 36.4 Å². The molecule has 0 aliphatic carbocycles. The molecule has 2 heterocycles. The van der Waals surface area contributed by atoms with Crippen LogP contribution in [-0.4, -0.2) is 46.1 Å². The lowest BCUT2D eigenvalue weighted by Gasteiger charge is -2.32. The minimum absolute atomic E-state index is 0.0132. The summed E-state index contributed by atoms with van der Waals surface area (Å²) < 4.78 is 1.66. The topological polar surface area (TPSA) is 67.2 Å². The molecule has 0 bridgehead atoms. The number of benzene rings is 1. The average Bonchev–Trinajstić information content (AvgIpc) is 3.08. The van der Waals surface area contributed by atoms with Crippen molar-refractivity contribution in [1.29, 1.82) is 0 Å². The third-order valence-corrected chi connectivity index (χ3v) is 5.17. The van der Waals surface area contributed by atoms with Gasteiger partial charge in [-0.3, -0.25) is 14.3 Å². The van der Waals surface area contributed by atoms with Crippen molar-refractivity contribution in [2.45, 2.75) is 39.7 Å². The highest BCUT2D eigenvalue weighted by molar-refractivity contribution is 5.95. The Balaban J connectivity index is 1.45. The number of hydrogen-bond acceptors (Lipinski definition) is 3. The molecule has 1 N–H and O–H groups in total. The van der Waals surface area contributed by atoms with E-state index in [1.807, 2.05) is 24.8 Å². The van der Waals surface area contributed by atoms with Crippen molar-refractivity contribution in [1.82, 2.24) is 20.0 Å². The molecule has 0 spiro atoms. The predicted molar refractivity (Wildman–Crippen MR) is 104 cm³/mol. The van der Waals surface area contributed by atoms with Crippen molar-refractivity contribution in [2.24, 2.45) is 5.92 Å². The van der Waals surface area contributed by atoms with E-state index in [-0.39, 0.29) is 18.4 Å². The Bertz CT molecular complexity index is 777. The molecule has 6 heteroatoms. The van der Waals surface area contributed by atoms with Crippen molar-refractivity contribution in [3.05, 3.63) is 53.3 Å². The number of likely N-dealkylation sites (tertiary alicyclic amines) is 1. The summed E-state index contributed by atoms with van der Waals surface area (Å²) in [6, 6.07) is 12.3. The highest BCUT2D eigenvalue weighted by atomic mass is 16.2. The molecule has 0 saturated carbocycles. The minimum Gasteiger partial charge on any atom is -0.342 e. The van der Waals surface area contributed by atoms with Crippen LogP contribution in [0.5, 0.6) is 0 Å². The Kier molecular flexibility index (Phi) is 6.27. The van der Waals surface area contributed by atoms with Gasteiger partial charge < -0.3 is 10.2 Å². The molecule has 1 aromatic carbocycles. The summed E-state index contributed by atoms with van der Waals surface area (Å²) >= 11 is 0. The molecule has 144 valence electrons. The Hall–Kier alpha value is -2.63. The first-order chi connectivity index (χ1) is 13.1. The van der Waals surface area contributed by atoms with E-state index in [0.717, 1.165) is 38.0 Å². The fourth-order valence-electron chi connectivity index (χ4n) is 3.66. The van der Waals surface area contributed by atoms with Gasteiger partial charge in [0.25, 0.3) is 5.91 Å². The second kappa shape index (κ2) is 8.84. The first kappa shape index (κ1) is 19.1. The lowest BCUT2D eigenvalue weighted by atomic mass is 9.90. The molecule has 27 heavy (non-hydrogen) atoms. The fraction of sp³-hybridized carbons (Fsp3) is 0.476. The van der Waals surface area contributed by atoms with Crippen LogP contribution in [0, 0.1) is 12.8 Å². The Morgan fingerprint density at radius 1 is 1.19 bits per heavy atom. The van der Waals surface area contributed by atoms with Crippen LogP contribution in [0.25, 0.3) is 0 Å². The molecule has 0 unspecified atom stereocenters. The SMILES string of the molecule is CCn1nc(C)cc1C(=O)NCC(=O)N1CCC(Cc2ccccc2)CC1. The number of amides is 2. The lowest BCUT2D eigenvalue weighted by Crippen LogP contribution is -2.44. The van der Waals surface area contributed by atoms with Crippen LogP contribution < -0.4 is 5.32 Å². The zero-order chi connectivity index (χ0) is 19.2. The number of hydrogen-bond donors (Lipinski definition) is 1. The van der Waals surface area contributed by atoms with E-state index in [9.17, 15) is 9.59 Å². The second-order valence-electron chi connectivity index (χ2n) is 7.18. The van der Waals surface area contributed by atoms with Gasteiger partial charge in [-0.2, -0.15) is 5.10 Å². The summed E-state index contributed by atoms with van der Waals surface area (Å²) in [7, 11) is 0. The van der Waals surface area contributed by atoms with Gasteiger partial charge in [0.2, 0.25) is 5.91 Å². The molecule has 1 aliphatic heterocycles. The highest BCUT2D eigenvalue weighted by Crippen LogP contribution is 2.21. The molecular formula is C21H28N4O2. The van der Waals surface area contributed by atoms with Gasteiger partial charge in [0.05, 0.1) is 12.2 Å². The van der Waals surface area contributed by atoms with Crippen LogP contribution in [-0.2, 0) is 17.8 Å². The number of piperidine rings is 1. The smallest absolute Gasteiger partial charge is 0.269 e. The highest BCUT2D eigenvalue weighted by Gasteiger charge is 2.23. The normalized spacial score (nSPS) is 15.0.